The van der Waals surface area contributed by atoms with Crippen LogP contribution in [0.3, 0.4) is 0 Å². The second-order valence-corrected chi connectivity index (χ2v) is 8.67. The van der Waals surface area contributed by atoms with Crippen LogP contribution in [0, 0.1) is 25.2 Å². The van der Waals surface area contributed by atoms with Crippen molar-refractivity contribution in [3.05, 3.63) is 89.0 Å². The quantitative estimate of drug-likeness (QED) is 0.627. The summed E-state index contributed by atoms with van der Waals surface area (Å²) in [7, 11) is -3.74. The fourth-order valence-corrected chi connectivity index (χ4v) is 4.05. The molecule has 0 aliphatic rings. The maximum absolute atomic E-state index is 12.6. The number of aryl methyl sites for hydroxylation is 2. The minimum Gasteiger partial charge on any atom is -0.325 e. The Labute approximate surface area is 176 Å². The first kappa shape index (κ1) is 21.1. The molecule has 0 aliphatic heterocycles. The summed E-state index contributed by atoms with van der Waals surface area (Å²) in [6, 6.07) is 20.5. The van der Waals surface area contributed by atoms with E-state index in [0.29, 0.717) is 16.9 Å². The molecule has 3 aromatic rings. The summed E-state index contributed by atoms with van der Waals surface area (Å²) < 4.78 is 27.8. The van der Waals surface area contributed by atoms with Gasteiger partial charge in [-0.05, 0) is 66.9 Å². The second kappa shape index (κ2) is 8.80. The summed E-state index contributed by atoms with van der Waals surface area (Å²) in [6.45, 7) is 3.66. The highest BCUT2D eigenvalue weighted by atomic mass is 32.2. The highest BCUT2D eigenvalue weighted by Gasteiger charge is 2.15. The first-order valence-corrected chi connectivity index (χ1v) is 10.7. The Bertz CT molecular complexity index is 1230. The number of anilines is 2. The molecule has 1 amide bonds. The number of carbonyl (C=O) groups is 1. The third-order valence-corrected chi connectivity index (χ3v) is 5.89. The molecular formula is C23H21N3O3S. The summed E-state index contributed by atoms with van der Waals surface area (Å²) in [5.74, 6) is -0.235. The van der Waals surface area contributed by atoms with Gasteiger partial charge in [-0.25, -0.2) is 8.42 Å². The van der Waals surface area contributed by atoms with Gasteiger partial charge in [-0.1, -0.05) is 30.3 Å². The molecular weight excluding hydrogens is 398 g/mol. The molecule has 30 heavy (non-hydrogen) atoms. The lowest BCUT2D eigenvalue weighted by atomic mass is 10.1. The Balaban J connectivity index is 1.74. The molecule has 0 fully saturated rings. The maximum Gasteiger partial charge on any atom is 0.261 e. The van der Waals surface area contributed by atoms with E-state index in [2.05, 4.69) is 10.0 Å². The molecule has 0 radical (unpaired) electrons. The van der Waals surface area contributed by atoms with Gasteiger partial charge in [0.2, 0.25) is 5.91 Å². The predicted octanol–water partition coefficient (Wildman–Crippen LogP) is 4.16. The maximum atomic E-state index is 12.6. The van der Waals surface area contributed by atoms with Gasteiger partial charge < -0.3 is 5.32 Å². The minimum atomic E-state index is -3.74. The van der Waals surface area contributed by atoms with E-state index < -0.39 is 10.0 Å². The van der Waals surface area contributed by atoms with Crippen LogP contribution in [0.2, 0.25) is 0 Å². The van der Waals surface area contributed by atoms with Crippen LogP contribution in [0.25, 0.3) is 0 Å². The second-order valence-electron chi connectivity index (χ2n) is 6.99. The van der Waals surface area contributed by atoms with Gasteiger partial charge in [-0.2, -0.15) is 5.26 Å². The average molecular weight is 420 g/mol. The monoisotopic (exact) mass is 419 g/mol. The largest absolute Gasteiger partial charge is 0.325 e. The molecule has 0 unspecified atom stereocenters. The van der Waals surface area contributed by atoms with Crippen LogP contribution < -0.4 is 10.0 Å². The zero-order valence-electron chi connectivity index (χ0n) is 16.6. The van der Waals surface area contributed by atoms with E-state index >= 15 is 0 Å². The van der Waals surface area contributed by atoms with E-state index in [0.717, 1.165) is 16.7 Å². The Kier molecular flexibility index (Phi) is 6.19. The molecule has 0 saturated heterocycles. The molecule has 3 rings (SSSR count). The molecule has 6 nitrogen and oxygen atoms in total. The molecule has 0 saturated carbocycles. The molecule has 0 heterocycles. The van der Waals surface area contributed by atoms with E-state index in [1.54, 1.807) is 54.6 Å². The van der Waals surface area contributed by atoms with Gasteiger partial charge in [0, 0.05) is 5.69 Å². The predicted molar refractivity (Wildman–Crippen MR) is 117 cm³/mol. The Morgan fingerprint density at radius 3 is 2.40 bits per heavy atom. The van der Waals surface area contributed by atoms with Gasteiger partial charge in [0.05, 0.1) is 28.6 Å². The van der Waals surface area contributed by atoms with E-state index in [9.17, 15) is 13.2 Å². The smallest absolute Gasteiger partial charge is 0.261 e. The number of benzene rings is 3. The van der Waals surface area contributed by atoms with Crippen LogP contribution in [0.5, 0.6) is 0 Å². The van der Waals surface area contributed by atoms with E-state index in [-0.39, 0.29) is 17.2 Å². The van der Waals surface area contributed by atoms with Crippen LogP contribution in [0.1, 0.15) is 22.3 Å². The number of amides is 1. The summed E-state index contributed by atoms with van der Waals surface area (Å²) in [4.78, 5) is 12.6. The topological polar surface area (TPSA) is 99.1 Å². The van der Waals surface area contributed by atoms with Crippen LogP contribution in [-0.2, 0) is 21.2 Å². The highest BCUT2D eigenvalue weighted by Crippen LogP contribution is 2.23. The summed E-state index contributed by atoms with van der Waals surface area (Å²) in [5.41, 5.74) is 3.84. The number of nitrogens with one attached hydrogen (secondary N) is 2. The fraction of sp³-hybridized carbons (Fsp3) is 0.130. The SMILES string of the molecule is Cc1cccc(S(=O)(=O)Nc2ccc(C)c(NC(=O)Cc3ccc(C#N)cc3)c2)c1. The zero-order chi connectivity index (χ0) is 21.7. The number of rotatable bonds is 6. The van der Waals surface area contributed by atoms with Crippen LogP contribution in [0.15, 0.2) is 71.6 Å². The molecule has 2 N–H and O–H groups in total. The van der Waals surface area contributed by atoms with Crippen LogP contribution in [0.4, 0.5) is 11.4 Å². The molecule has 3 aromatic carbocycles. The number of hydrogen-bond acceptors (Lipinski definition) is 4. The van der Waals surface area contributed by atoms with Crippen LogP contribution in [-0.4, -0.2) is 14.3 Å². The Hall–Kier alpha value is -3.63. The Morgan fingerprint density at radius 2 is 1.73 bits per heavy atom. The highest BCUT2D eigenvalue weighted by molar-refractivity contribution is 7.92. The van der Waals surface area contributed by atoms with Crippen LogP contribution >= 0.6 is 0 Å². The van der Waals surface area contributed by atoms with Crippen molar-refractivity contribution in [3.8, 4) is 6.07 Å². The first-order valence-electron chi connectivity index (χ1n) is 9.26. The molecule has 0 atom stereocenters. The van der Waals surface area contributed by atoms with Crippen molar-refractivity contribution in [1.82, 2.24) is 0 Å². The normalized spacial score (nSPS) is 10.8. The first-order chi connectivity index (χ1) is 14.3. The van der Waals surface area contributed by atoms with Gasteiger partial charge in [0.15, 0.2) is 0 Å². The number of nitrogens with zero attached hydrogens (tertiary/aromatic N) is 1. The number of nitriles is 1. The van der Waals surface area contributed by atoms with E-state index in [1.807, 2.05) is 26.0 Å². The van der Waals surface area contributed by atoms with Crippen molar-refractivity contribution in [2.45, 2.75) is 25.2 Å². The molecule has 0 aliphatic carbocycles. The fourth-order valence-electron chi connectivity index (χ4n) is 2.89. The van der Waals surface area contributed by atoms with Crippen molar-refractivity contribution in [2.24, 2.45) is 0 Å². The molecule has 7 heteroatoms. The summed E-state index contributed by atoms with van der Waals surface area (Å²) in [6.07, 6.45) is 0.143. The van der Waals surface area contributed by atoms with E-state index in [1.165, 1.54) is 6.07 Å². The number of carbonyl (C=O) groups excluding carboxylic acids is 1. The minimum absolute atomic E-state index is 0.143. The summed E-state index contributed by atoms with van der Waals surface area (Å²) in [5, 5.41) is 11.7. The molecule has 0 aromatic heterocycles. The van der Waals surface area contributed by atoms with Crippen molar-refractivity contribution < 1.29 is 13.2 Å². The number of sulfonamides is 1. The number of hydrogen-bond donors (Lipinski definition) is 2. The average Bonchev–Trinajstić information content (AvgIpc) is 2.71. The summed E-state index contributed by atoms with van der Waals surface area (Å²) >= 11 is 0. The lowest BCUT2D eigenvalue weighted by Crippen LogP contribution is -2.16. The lowest BCUT2D eigenvalue weighted by Gasteiger charge is -2.13. The van der Waals surface area contributed by atoms with Gasteiger partial charge in [-0.15, -0.1) is 0 Å². The third-order valence-electron chi connectivity index (χ3n) is 4.51. The van der Waals surface area contributed by atoms with Gasteiger partial charge in [0.25, 0.3) is 10.0 Å². The van der Waals surface area contributed by atoms with E-state index in [4.69, 9.17) is 5.26 Å². The van der Waals surface area contributed by atoms with Gasteiger partial charge in [0.1, 0.15) is 0 Å². The van der Waals surface area contributed by atoms with Crippen molar-refractivity contribution in [3.63, 3.8) is 0 Å². The van der Waals surface area contributed by atoms with Crippen molar-refractivity contribution in [1.29, 1.82) is 5.26 Å². The molecule has 152 valence electrons. The van der Waals surface area contributed by atoms with Gasteiger partial charge in [-0.3, -0.25) is 9.52 Å². The van der Waals surface area contributed by atoms with Crippen molar-refractivity contribution in [2.75, 3.05) is 10.0 Å². The van der Waals surface area contributed by atoms with Crippen molar-refractivity contribution >= 4 is 27.3 Å². The Morgan fingerprint density at radius 1 is 1.00 bits per heavy atom. The lowest BCUT2D eigenvalue weighted by molar-refractivity contribution is -0.115. The molecule has 0 spiro atoms. The third kappa shape index (κ3) is 5.25. The zero-order valence-corrected chi connectivity index (χ0v) is 17.5. The molecule has 0 bridgehead atoms. The van der Waals surface area contributed by atoms with Gasteiger partial charge >= 0.3 is 0 Å². The standard InChI is InChI=1S/C23H21N3O3S/c1-16-4-3-5-21(12-16)30(28,29)26-20-11-6-17(2)22(14-20)25-23(27)13-18-7-9-19(15-24)10-8-18/h3-12,14,26H,13H2,1-2H3,(H,25,27).